The van der Waals surface area contributed by atoms with E-state index in [1.165, 1.54) is 7.11 Å². The topological polar surface area (TPSA) is 75.7 Å². The number of ether oxygens (including phenoxy) is 1. The van der Waals surface area contributed by atoms with Crippen LogP contribution in [0.4, 0.5) is 5.69 Å². The van der Waals surface area contributed by atoms with Crippen molar-refractivity contribution in [1.82, 2.24) is 5.32 Å². The molecule has 0 bridgehead atoms. The van der Waals surface area contributed by atoms with Crippen molar-refractivity contribution in [3.8, 4) is 0 Å². The molecule has 1 saturated heterocycles. The van der Waals surface area contributed by atoms with Gasteiger partial charge in [-0.3, -0.25) is 9.59 Å². The number of hydrogen-bond acceptors (Lipinski definition) is 4. The van der Waals surface area contributed by atoms with Crippen LogP contribution in [0.3, 0.4) is 0 Å². The minimum Gasteiger partial charge on any atom is -0.466 e. The summed E-state index contributed by atoms with van der Waals surface area (Å²) < 4.78 is 4.38. The van der Waals surface area contributed by atoms with Crippen molar-refractivity contribution in [2.24, 2.45) is 0 Å². The van der Waals surface area contributed by atoms with Crippen molar-refractivity contribution in [2.75, 3.05) is 18.6 Å². The summed E-state index contributed by atoms with van der Waals surface area (Å²) in [5.41, 5.74) is 0.694. The van der Waals surface area contributed by atoms with E-state index in [0.29, 0.717) is 23.7 Å². The van der Waals surface area contributed by atoms with Crippen LogP contribution < -0.4 is 10.2 Å². The van der Waals surface area contributed by atoms with Crippen molar-refractivity contribution >= 4 is 35.1 Å². The fourth-order valence-corrected chi connectivity index (χ4v) is 2.33. The fraction of sp³-hybridized carbons (Fsp3) is 0.267. The first-order valence-electron chi connectivity index (χ1n) is 6.64. The van der Waals surface area contributed by atoms with E-state index >= 15 is 0 Å². The molecule has 0 radical (unpaired) electrons. The lowest BCUT2D eigenvalue weighted by atomic mass is 10.2. The van der Waals surface area contributed by atoms with E-state index in [-0.39, 0.29) is 5.91 Å². The van der Waals surface area contributed by atoms with Gasteiger partial charge in [-0.1, -0.05) is 17.7 Å². The van der Waals surface area contributed by atoms with Crippen LogP contribution in [0, 0.1) is 0 Å². The third kappa shape index (κ3) is 3.85. The summed E-state index contributed by atoms with van der Waals surface area (Å²) in [7, 11) is 1.22. The molecule has 1 fully saturated rings. The number of benzene rings is 1. The first-order chi connectivity index (χ1) is 10.5. The highest BCUT2D eigenvalue weighted by Gasteiger charge is 2.33. The number of esters is 1. The van der Waals surface area contributed by atoms with Crippen molar-refractivity contribution in [3.05, 3.63) is 41.4 Å². The molecule has 1 atom stereocenters. The number of methoxy groups -OCH3 is 1. The first kappa shape index (κ1) is 16.0. The Bertz CT molecular complexity index is 630. The highest BCUT2D eigenvalue weighted by Crippen LogP contribution is 2.24. The van der Waals surface area contributed by atoms with Gasteiger partial charge in [0.15, 0.2) is 0 Å². The molecule has 1 aliphatic heterocycles. The summed E-state index contributed by atoms with van der Waals surface area (Å²) in [5, 5.41) is 3.11. The molecule has 7 heteroatoms. The van der Waals surface area contributed by atoms with E-state index in [9.17, 15) is 14.4 Å². The van der Waals surface area contributed by atoms with Gasteiger partial charge in [0.1, 0.15) is 6.04 Å². The number of nitrogens with one attached hydrogen (secondary N) is 1. The zero-order valence-corrected chi connectivity index (χ0v) is 12.7. The highest BCUT2D eigenvalue weighted by molar-refractivity contribution is 6.31. The van der Waals surface area contributed by atoms with Crippen LogP contribution in [0.15, 0.2) is 36.4 Å². The van der Waals surface area contributed by atoms with Gasteiger partial charge in [0, 0.05) is 29.4 Å². The third-order valence-corrected chi connectivity index (χ3v) is 3.45. The Hall–Kier alpha value is -2.34. The number of carbonyl (C=O) groups is 3. The molecule has 1 heterocycles. The van der Waals surface area contributed by atoms with Gasteiger partial charge < -0.3 is 15.0 Å². The SMILES string of the molecule is COC(=O)/C=C/C(=O)NC1CCN(c2cccc(Cl)c2)C1=O. The summed E-state index contributed by atoms with van der Waals surface area (Å²) in [6.07, 6.45) is 2.54. The molecule has 1 aromatic rings. The predicted octanol–water partition coefficient (Wildman–Crippen LogP) is 1.29. The molecule has 6 nitrogen and oxygen atoms in total. The highest BCUT2D eigenvalue weighted by atomic mass is 35.5. The van der Waals surface area contributed by atoms with Gasteiger partial charge in [-0.2, -0.15) is 0 Å². The number of anilines is 1. The van der Waals surface area contributed by atoms with Gasteiger partial charge in [-0.05, 0) is 24.6 Å². The Labute approximate surface area is 132 Å². The molecule has 0 aromatic heterocycles. The summed E-state index contributed by atoms with van der Waals surface area (Å²) in [5.74, 6) is -1.35. The molecule has 0 aliphatic carbocycles. The van der Waals surface area contributed by atoms with Crippen LogP contribution in [0.5, 0.6) is 0 Å². The molecule has 1 N–H and O–H groups in total. The average Bonchev–Trinajstić information content (AvgIpc) is 2.86. The van der Waals surface area contributed by atoms with Gasteiger partial charge in [0.25, 0.3) is 0 Å². The smallest absolute Gasteiger partial charge is 0.330 e. The predicted molar refractivity (Wildman–Crippen MR) is 81.5 cm³/mol. The van der Waals surface area contributed by atoms with Crippen molar-refractivity contribution < 1.29 is 19.1 Å². The molecule has 2 amide bonds. The Kier molecular flexibility index (Phi) is 5.16. The van der Waals surface area contributed by atoms with Crippen molar-refractivity contribution in [3.63, 3.8) is 0 Å². The molecule has 116 valence electrons. The zero-order chi connectivity index (χ0) is 16.1. The Morgan fingerprint density at radius 3 is 2.86 bits per heavy atom. The van der Waals surface area contributed by atoms with Crippen LogP contribution in [0.1, 0.15) is 6.42 Å². The Balaban J connectivity index is 1.98. The van der Waals surface area contributed by atoms with Crippen LogP contribution in [-0.2, 0) is 19.1 Å². The van der Waals surface area contributed by atoms with Crippen LogP contribution in [-0.4, -0.2) is 37.5 Å². The number of amides is 2. The summed E-state index contributed by atoms with van der Waals surface area (Å²) in [6.45, 7) is 0.491. The summed E-state index contributed by atoms with van der Waals surface area (Å²) in [4.78, 5) is 36.4. The largest absolute Gasteiger partial charge is 0.466 e. The molecule has 0 spiro atoms. The third-order valence-electron chi connectivity index (χ3n) is 3.21. The summed E-state index contributed by atoms with van der Waals surface area (Å²) in [6, 6.07) is 6.35. The quantitative estimate of drug-likeness (QED) is 0.669. The molecule has 2 rings (SSSR count). The lowest BCUT2D eigenvalue weighted by molar-refractivity contribution is -0.135. The summed E-state index contributed by atoms with van der Waals surface area (Å²) >= 11 is 5.92. The molecule has 1 unspecified atom stereocenters. The van der Waals surface area contributed by atoms with Gasteiger partial charge in [-0.25, -0.2) is 4.79 Å². The van der Waals surface area contributed by atoms with Crippen LogP contribution >= 0.6 is 11.6 Å². The van der Waals surface area contributed by atoms with E-state index in [0.717, 1.165) is 12.2 Å². The second-order valence-electron chi connectivity index (χ2n) is 4.68. The number of halogens is 1. The second kappa shape index (κ2) is 7.09. The zero-order valence-electron chi connectivity index (χ0n) is 11.9. The minimum absolute atomic E-state index is 0.206. The van der Waals surface area contributed by atoms with Gasteiger partial charge in [0.05, 0.1) is 7.11 Å². The molecular weight excluding hydrogens is 308 g/mol. The maximum Gasteiger partial charge on any atom is 0.330 e. The van der Waals surface area contributed by atoms with Crippen LogP contribution in [0.2, 0.25) is 5.02 Å². The number of carbonyl (C=O) groups excluding carboxylic acids is 3. The fourth-order valence-electron chi connectivity index (χ4n) is 2.15. The van der Waals surface area contributed by atoms with E-state index in [1.54, 1.807) is 29.2 Å². The van der Waals surface area contributed by atoms with Gasteiger partial charge in [0.2, 0.25) is 11.8 Å². The number of nitrogens with zero attached hydrogens (tertiary/aromatic N) is 1. The lowest BCUT2D eigenvalue weighted by Crippen LogP contribution is -2.40. The Morgan fingerprint density at radius 1 is 1.41 bits per heavy atom. The molecule has 1 aromatic carbocycles. The van der Waals surface area contributed by atoms with Crippen molar-refractivity contribution in [1.29, 1.82) is 0 Å². The molecular formula is C15H15ClN2O4. The molecule has 1 aliphatic rings. The van der Waals surface area contributed by atoms with Crippen molar-refractivity contribution in [2.45, 2.75) is 12.5 Å². The van der Waals surface area contributed by atoms with E-state index in [4.69, 9.17) is 11.6 Å². The standard InChI is InChI=1S/C15H15ClN2O4/c1-22-14(20)6-5-13(19)17-12-7-8-18(15(12)21)11-4-2-3-10(16)9-11/h2-6,9,12H,7-8H2,1H3,(H,17,19)/b6-5+. The monoisotopic (exact) mass is 322 g/mol. The van der Waals surface area contributed by atoms with E-state index < -0.39 is 17.9 Å². The van der Waals surface area contributed by atoms with E-state index in [2.05, 4.69) is 10.1 Å². The maximum atomic E-state index is 12.3. The molecule has 0 saturated carbocycles. The molecule has 22 heavy (non-hydrogen) atoms. The van der Waals surface area contributed by atoms with Crippen LogP contribution in [0.25, 0.3) is 0 Å². The van der Waals surface area contributed by atoms with Gasteiger partial charge >= 0.3 is 5.97 Å². The second-order valence-corrected chi connectivity index (χ2v) is 5.11. The minimum atomic E-state index is -0.631. The Morgan fingerprint density at radius 2 is 2.18 bits per heavy atom. The van der Waals surface area contributed by atoms with Gasteiger partial charge in [-0.15, -0.1) is 0 Å². The maximum absolute atomic E-state index is 12.3. The first-order valence-corrected chi connectivity index (χ1v) is 7.02. The number of hydrogen-bond donors (Lipinski definition) is 1. The average molecular weight is 323 g/mol. The normalized spacial score (nSPS) is 17.8. The number of rotatable bonds is 4. The lowest BCUT2D eigenvalue weighted by Gasteiger charge is -2.17. The van der Waals surface area contributed by atoms with E-state index in [1.807, 2.05) is 0 Å².